The van der Waals surface area contributed by atoms with E-state index in [1.54, 1.807) is 7.05 Å². The topological polar surface area (TPSA) is 87.0 Å². The molecule has 0 radical (unpaired) electrons. The van der Waals surface area contributed by atoms with Crippen LogP contribution in [0.2, 0.25) is 0 Å². The van der Waals surface area contributed by atoms with Crippen molar-refractivity contribution in [3.8, 4) is 12.1 Å². The van der Waals surface area contributed by atoms with Crippen LogP contribution in [-0.4, -0.2) is 41.2 Å². The number of hydrogen-bond acceptors (Lipinski definition) is 7. The molecule has 0 aromatic carbocycles. The summed E-state index contributed by atoms with van der Waals surface area (Å²) in [6.07, 6.45) is 0.419. The maximum Gasteiger partial charge on any atom is 0.323 e. The van der Waals surface area contributed by atoms with Crippen LogP contribution < -0.4 is 15.0 Å². The molecular formula is C12H20N6O. The second kappa shape index (κ2) is 7.36. The minimum Gasteiger partial charge on any atom is -0.464 e. The lowest BCUT2D eigenvalue weighted by molar-refractivity contribution is 0.312. The molecule has 7 heteroatoms. The first-order valence-corrected chi connectivity index (χ1v) is 6.32. The quantitative estimate of drug-likeness (QED) is 0.797. The van der Waals surface area contributed by atoms with E-state index in [4.69, 9.17) is 10.00 Å². The van der Waals surface area contributed by atoms with E-state index in [-0.39, 0.29) is 6.04 Å². The summed E-state index contributed by atoms with van der Waals surface area (Å²) in [5, 5.41) is 11.6. The van der Waals surface area contributed by atoms with E-state index in [9.17, 15) is 0 Å². The number of nitriles is 1. The number of rotatable bonds is 7. The zero-order chi connectivity index (χ0) is 14.3. The minimum atomic E-state index is 0.190. The number of nitrogens with one attached hydrogen (secondary N) is 1. The van der Waals surface area contributed by atoms with Crippen LogP contribution in [0.5, 0.6) is 6.01 Å². The lowest BCUT2D eigenvalue weighted by atomic mass is 10.3. The molecule has 1 aromatic rings. The molecule has 0 amide bonds. The lowest BCUT2D eigenvalue weighted by Crippen LogP contribution is -2.33. The number of nitrogens with zero attached hydrogens (tertiary/aromatic N) is 5. The summed E-state index contributed by atoms with van der Waals surface area (Å²) in [6, 6.07) is 2.61. The molecule has 104 valence electrons. The van der Waals surface area contributed by atoms with E-state index in [2.05, 4.69) is 26.3 Å². The second-order valence-corrected chi connectivity index (χ2v) is 4.12. The fourth-order valence-electron chi connectivity index (χ4n) is 1.54. The fourth-order valence-corrected chi connectivity index (χ4v) is 1.54. The van der Waals surface area contributed by atoms with Crippen molar-refractivity contribution in [3.63, 3.8) is 0 Å². The SMILES string of the molecule is CCOc1nc(NC)nc(N(CCC#N)C(C)C)n1. The van der Waals surface area contributed by atoms with E-state index in [0.717, 1.165) is 0 Å². The third kappa shape index (κ3) is 4.25. The molecule has 0 fully saturated rings. The van der Waals surface area contributed by atoms with Gasteiger partial charge in [0.15, 0.2) is 0 Å². The average Bonchev–Trinajstić information content (AvgIpc) is 2.39. The van der Waals surface area contributed by atoms with Crippen LogP contribution in [-0.2, 0) is 0 Å². The van der Waals surface area contributed by atoms with Crippen molar-refractivity contribution in [1.29, 1.82) is 5.26 Å². The lowest BCUT2D eigenvalue weighted by Gasteiger charge is -2.25. The van der Waals surface area contributed by atoms with Crippen LogP contribution >= 0.6 is 0 Å². The van der Waals surface area contributed by atoms with Gasteiger partial charge in [-0.1, -0.05) is 0 Å². The maximum absolute atomic E-state index is 8.72. The Morgan fingerprint density at radius 1 is 1.37 bits per heavy atom. The Balaban J connectivity index is 3.06. The second-order valence-electron chi connectivity index (χ2n) is 4.12. The minimum absolute atomic E-state index is 0.190. The predicted octanol–water partition coefficient (Wildman–Crippen LogP) is 1.44. The van der Waals surface area contributed by atoms with Crippen molar-refractivity contribution in [2.75, 3.05) is 30.4 Å². The molecular weight excluding hydrogens is 244 g/mol. The summed E-state index contributed by atoms with van der Waals surface area (Å²) in [5.74, 6) is 0.976. The van der Waals surface area contributed by atoms with Crippen LogP contribution in [0.4, 0.5) is 11.9 Å². The third-order valence-corrected chi connectivity index (χ3v) is 2.44. The van der Waals surface area contributed by atoms with Crippen molar-refractivity contribution >= 4 is 11.9 Å². The van der Waals surface area contributed by atoms with Crippen LogP contribution in [0, 0.1) is 11.3 Å². The normalized spacial score (nSPS) is 10.1. The highest BCUT2D eigenvalue weighted by Crippen LogP contribution is 2.17. The first kappa shape index (κ1) is 15.0. The Kier molecular flexibility index (Phi) is 5.79. The third-order valence-electron chi connectivity index (χ3n) is 2.44. The number of anilines is 2. The molecule has 19 heavy (non-hydrogen) atoms. The summed E-state index contributed by atoms with van der Waals surface area (Å²) in [6.45, 7) is 7.00. The Morgan fingerprint density at radius 3 is 2.63 bits per heavy atom. The molecule has 0 saturated heterocycles. The highest BCUT2D eigenvalue weighted by molar-refractivity contribution is 5.38. The Labute approximate surface area is 113 Å². The van der Waals surface area contributed by atoms with Gasteiger partial charge in [-0.2, -0.15) is 20.2 Å². The van der Waals surface area contributed by atoms with Gasteiger partial charge in [0, 0.05) is 19.6 Å². The molecule has 0 spiro atoms. The maximum atomic E-state index is 8.72. The van der Waals surface area contributed by atoms with Crippen LogP contribution in [0.3, 0.4) is 0 Å². The van der Waals surface area contributed by atoms with E-state index in [1.165, 1.54) is 0 Å². The Morgan fingerprint density at radius 2 is 2.11 bits per heavy atom. The molecule has 0 aliphatic carbocycles. The van der Waals surface area contributed by atoms with Gasteiger partial charge < -0.3 is 15.0 Å². The van der Waals surface area contributed by atoms with Crippen molar-refractivity contribution in [1.82, 2.24) is 15.0 Å². The highest BCUT2D eigenvalue weighted by Gasteiger charge is 2.16. The first-order valence-electron chi connectivity index (χ1n) is 6.32. The average molecular weight is 264 g/mol. The van der Waals surface area contributed by atoms with Gasteiger partial charge in [-0.05, 0) is 20.8 Å². The first-order chi connectivity index (χ1) is 9.12. The zero-order valence-corrected chi connectivity index (χ0v) is 11.8. The number of ether oxygens (including phenoxy) is 1. The Bertz CT molecular complexity index is 442. The molecule has 0 aliphatic heterocycles. The number of hydrogen-bond donors (Lipinski definition) is 1. The van der Waals surface area contributed by atoms with E-state index < -0.39 is 0 Å². The number of aromatic nitrogens is 3. The molecule has 0 aliphatic rings. The molecule has 0 saturated carbocycles. The van der Waals surface area contributed by atoms with Gasteiger partial charge in [-0.15, -0.1) is 0 Å². The van der Waals surface area contributed by atoms with Gasteiger partial charge >= 0.3 is 6.01 Å². The molecule has 7 nitrogen and oxygen atoms in total. The van der Waals surface area contributed by atoms with Gasteiger partial charge in [0.05, 0.1) is 19.1 Å². The van der Waals surface area contributed by atoms with E-state index in [1.807, 2.05) is 25.7 Å². The van der Waals surface area contributed by atoms with Gasteiger partial charge in [0.25, 0.3) is 0 Å². The van der Waals surface area contributed by atoms with Crippen LogP contribution in [0.1, 0.15) is 27.2 Å². The zero-order valence-electron chi connectivity index (χ0n) is 11.8. The summed E-state index contributed by atoms with van der Waals surface area (Å²) in [5.41, 5.74) is 0. The van der Waals surface area contributed by atoms with Gasteiger partial charge in [0.2, 0.25) is 11.9 Å². The highest BCUT2D eigenvalue weighted by atomic mass is 16.5. The monoisotopic (exact) mass is 264 g/mol. The van der Waals surface area contributed by atoms with Gasteiger partial charge in [-0.3, -0.25) is 0 Å². The summed E-state index contributed by atoms with van der Waals surface area (Å²) in [4.78, 5) is 14.7. The molecule has 0 unspecified atom stereocenters. The Hall–Kier alpha value is -2.10. The molecule has 0 bridgehead atoms. The van der Waals surface area contributed by atoms with Crippen LogP contribution in [0.25, 0.3) is 0 Å². The van der Waals surface area contributed by atoms with Crippen molar-refractivity contribution in [2.45, 2.75) is 33.2 Å². The summed E-state index contributed by atoms with van der Waals surface area (Å²) >= 11 is 0. The molecule has 1 aromatic heterocycles. The van der Waals surface area contributed by atoms with Crippen LogP contribution in [0.15, 0.2) is 0 Å². The smallest absolute Gasteiger partial charge is 0.323 e. The van der Waals surface area contributed by atoms with E-state index in [0.29, 0.717) is 37.5 Å². The standard InChI is InChI=1S/C12H20N6O/c1-5-19-12-16-10(14-4)15-11(17-12)18(9(2)3)8-6-7-13/h9H,5-6,8H2,1-4H3,(H,14,15,16,17). The van der Waals surface area contributed by atoms with Crippen molar-refractivity contribution in [2.24, 2.45) is 0 Å². The molecule has 1 heterocycles. The molecule has 0 atom stereocenters. The fraction of sp³-hybridized carbons (Fsp3) is 0.667. The molecule has 1 N–H and O–H groups in total. The van der Waals surface area contributed by atoms with E-state index >= 15 is 0 Å². The predicted molar refractivity (Wildman–Crippen MR) is 73.3 cm³/mol. The van der Waals surface area contributed by atoms with Crippen molar-refractivity contribution in [3.05, 3.63) is 0 Å². The molecule has 1 rings (SSSR count). The van der Waals surface area contributed by atoms with Gasteiger partial charge in [0.1, 0.15) is 0 Å². The van der Waals surface area contributed by atoms with Gasteiger partial charge in [-0.25, -0.2) is 0 Å². The largest absolute Gasteiger partial charge is 0.464 e. The van der Waals surface area contributed by atoms with Crippen molar-refractivity contribution < 1.29 is 4.74 Å². The summed E-state index contributed by atoms with van der Waals surface area (Å²) in [7, 11) is 1.74. The summed E-state index contributed by atoms with van der Waals surface area (Å²) < 4.78 is 5.33.